The quantitative estimate of drug-likeness (QED) is 0.868. The molecule has 122 valence electrons. The molecule has 4 rings (SSSR count). The molecule has 4 nitrogen and oxygen atoms in total. The third-order valence-corrected chi connectivity index (χ3v) is 7.21. The minimum absolute atomic E-state index is 0.0526. The predicted octanol–water partition coefficient (Wildman–Crippen LogP) is 2.89. The Morgan fingerprint density at radius 2 is 1.73 bits per heavy atom. The van der Waals surface area contributed by atoms with E-state index in [9.17, 15) is 13.5 Å². The van der Waals surface area contributed by atoms with Gasteiger partial charge in [0.05, 0.1) is 10.5 Å². The van der Waals surface area contributed by atoms with Gasteiger partial charge >= 0.3 is 0 Å². The summed E-state index contributed by atoms with van der Waals surface area (Å²) in [7, 11) is -3.85. The van der Waals surface area contributed by atoms with Crippen LogP contribution in [0.15, 0.2) is 29.2 Å². The molecule has 0 radical (unpaired) electrons. The fourth-order valence-corrected chi connectivity index (χ4v) is 5.34. The van der Waals surface area contributed by atoms with Crippen molar-refractivity contribution in [3.05, 3.63) is 29.8 Å². The largest absolute Gasteiger partial charge is 0.387 e. The van der Waals surface area contributed by atoms with Crippen molar-refractivity contribution in [2.24, 2.45) is 17.3 Å². The molecule has 1 aromatic carbocycles. The van der Waals surface area contributed by atoms with Crippen LogP contribution in [0.25, 0.3) is 0 Å². The van der Waals surface area contributed by atoms with E-state index < -0.39 is 21.8 Å². The van der Waals surface area contributed by atoms with Crippen LogP contribution in [0.5, 0.6) is 0 Å². The Bertz CT molecular complexity index is 673. The maximum atomic E-state index is 12.4. The highest BCUT2D eigenvalue weighted by atomic mass is 32.2. The molecular formula is C17H24O4S. The minimum atomic E-state index is -3.85. The minimum Gasteiger partial charge on any atom is -0.387 e. The number of aryl methyl sites for hydroxylation is 1. The van der Waals surface area contributed by atoms with Gasteiger partial charge in [0.25, 0.3) is 10.1 Å². The number of rotatable bonds is 3. The molecule has 0 saturated heterocycles. The van der Waals surface area contributed by atoms with Gasteiger partial charge in [-0.05, 0) is 56.1 Å². The van der Waals surface area contributed by atoms with Crippen LogP contribution in [-0.2, 0) is 14.3 Å². The normalized spacial score (nSPS) is 36.7. The van der Waals surface area contributed by atoms with Gasteiger partial charge in [-0.2, -0.15) is 8.42 Å². The molecular weight excluding hydrogens is 300 g/mol. The standard InChI is InChI=1S/C17H24O4S/c1-11-5-7-13(8-6-11)22(19,20)21-15-10-12-9-14(16(12,2)3)17(15,4)18/h5-8,12,14-15,18H,9-10H2,1-4H3/t12?,14?,15?,17-/m1/s1. The van der Waals surface area contributed by atoms with Crippen molar-refractivity contribution in [1.82, 2.24) is 0 Å². The summed E-state index contributed by atoms with van der Waals surface area (Å²) in [4.78, 5) is 0.146. The van der Waals surface area contributed by atoms with Crippen LogP contribution in [0, 0.1) is 24.2 Å². The van der Waals surface area contributed by atoms with E-state index in [2.05, 4.69) is 13.8 Å². The number of aliphatic hydroxyl groups is 1. The van der Waals surface area contributed by atoms with Crippen LogP contribution in [0.1, 0.15) is 39.2 Å². The highest BCUT2D eigenvalue weighted by Gasteiger charge is 2.64. The molecule has 0 aliphatic heterocycles. The highest BCUT2D eigenvalue weighted by molar-refractivity contribution is 7.86. The average Bonchev–Trinajstić information content (AvgIpc) is 2.40. The molecule has 0 heterocycles. The Morgan fingerprint density at radius 1 is 1.14 bits per heavy atom. The van der Waals surface area contributed by atoms with E-state index in [0.29, 0.717) is 12.3 Å². The summed E-state index contributed by atoms with van der Waals surface area (Å²) in [5.41, 5.74) is -0.0703. The summed E-state index contributed by atoms with van der Waals surface area (Å²) >= 11 is 0. The second-order valence-electron chi connectivity index (χ2n) is 7.62. The van der Waals surface area contributed by atoms with Gasteiger partial charge in [-0.25, -0.2) is 0 Å². The topological polar surface area (TPSA) is 63.6 Å². The molecule has 3 fully saturated rings. The second kappa shape index (κ2) is 4.79. The molecule has 1 N–H and O–H groups in total. The van der Waals surface area contributed by atoms with Crippen molar-refractivity contribution in [2.45, 2.75) is 57.1 Å². The Labute approximate surface area is 132 Å². The molecule has 0 amide bonds. The van der Waals surface area contributed by atoms with Gasteiger partial charge in [-0.1, -0.05) is 31.5 Å². The van der Waals surface area contributed by atoms with E-state index in [1.165, 1.54) is 0 Å². The lowest BCUT2D eigenvalue weighted by Gasteiger charge is -2.64. The lowest BCUT2D eigenvalue weighted by atomic mass is 9.43. The summed E-state index contributed by atoms with van der Waals surface area (Å²) in [5.74, 6) is 0.493. The number of hydrogen-bond acceptors (Lipinski definition) is 4. The fraction of sp³-hybridized carbons (Fsp3) is 0.647. The van der Waals surface area contributed by atoms with Crippen LogP contribution in [0.3, 0.4) is 0 Å². The summed E-state index contributed by atoms with van der Waals surface area (Å²) < 4.78 is 30.3. The van der Waals surface area contributed by atoms with Crippen molar-refractivity contribution >= 4 is 10.1 Å². The van der Waals surface area contributed by atoms with Crippen molar-refractivity contribution < 1.29 is 17.7 Å². The van der Waals surface area contributed by atoms with E-state index in [4.69, 9.17) is 4.18 Å². The Hall–Kier alpha value is -0.910. The molecule has 3 aliphatic carbocycles. The van der Waals surface area contributed by atoms with Gasteiger partial charge in [0, 0.05) is 0 Å². The highest BCUT2D eigenvalue weighted by Crippen LogP contribution is 2.63. The van der Waals surface area contributed by atoms with Crippen molar-refractivity contribution in [1.29, 1.82) is 0 Å². The summed E-state index contributed by atoms with van der Waals surface area (Å²) in [5, 5.41) is 10.8. The van der Waals surface area contributed by atoms with E-state index in [0.717, 1.165) is 12.0 Å². The summed E-state index contributed by atoms with van der Waals surface area (Å²) in [6, 6.07) is 6.59. The predicted molar refractivity (Wildman–Crippen MR) is 83.9 cm³/mol. The van der Waals surface area contributed by atoms with Crippen LogP contribution in [-0.4, -0.2) is 25.2 Å². The zero-order valence-corrected chi connectivity index (χ0v) is 14.4. The maximum Gasteiger partial charge on any atom is 0.297 e. The Morgan fingerprint density at radius 3 is 2.23 bits per heavy atom. The first kappa shape index (κ1) is 16.0. The van der Waals surface area contributed by atoms with Crippen LogP contribution < -0.4 is 0 Å². The maximum absolute atomic E-state index is 12.4. The SMILES string of the molecule is Cc1ccc(S(=O)(=O)OC2CC3CC(C3(C)C)[C@@]2(C)O)cc1. The van der Waals surface area contributed by atoms with E-state index in [1.807, 2.05) is 6.92 Å². The van der Waals surface area contributed by atoms with Crippen molar-refractivity contribution in [2.75, 3.05) is 0 Å². The summed E-state index contributed by atoms with van der Waals surface area (Å²) in [6.45, 7) is 7.90. The van der Waals surface area contributed by atoms with Crippen LogP contribution >= 0.6 is 0 Å². The van der Waals surface area contributed by atoms with Gasteiger partial charge in [0.15, 0.2) is 0 Å². The van der Waals surface area contributed by atoms with Gasteiger partial charge in [0.1, 0.15) is 6.10 Å². The van der Waals surface area contributed by atoms with Gasteiger partial charge in [0.2, 0.25) is 0 Å². The van der Waals surface area contributed by atoms with Gasteiger partial charge in [-0.15, -0.1) is 0 Å². The summed E-state index contributed by atoms with van der Waals surface area (Å²) in [6.07, 6.45) is 0.863. The average molecular weight is 324 g/mol. The molecule has 4 atom stereocenters. The molecule has 22 heavy (non-hydrogen) atoms. The van der Waals surface area contributed by atoms with E-state index in [-0.39, 0.29) is 16.2 Å². The monoisotopic (exact) mass is 324 g/mol. The molecule has 0 spiro atoms. The van der Waals surface area contributed by atoms with Crippen LogP contribution in [0.4, 0.5) is 0 Å². The molecule has 1 aromatic rings. The van der Waals surface area contributed by atoms with E-state index in [1.54, 1.807) is 31.2 Å². The first-order valence-electron chi connectivity index (χ1n) is 7.77. The fourth-order valence-electron chi connectivity index (χ4n) is 4.18. The molecule has 3 saturated carbocycles. The molecule has 0 aromatic heterocycles. The van der Waals surface area contributed by atoms with Gasteiger partial charge < -0.3 is 5.11 Å². The van der Waals surface area contributed by atoms with E-state index >= 15 is 0 Å². The smallest absolute Gasteiger partial charge is 0.297 e. The number of benzene rings is 1. The first-order valence-corrected chi connectivity index (χ1v) is 9.18. The van der Waals surface area contributed by atoms with Crippen molar-refractivity contribution in [3.63, 3.8) is 0 Å². The number of fused-ring (bicyclic) bond motifs is 2. The third-order valence-electron chi connectivity index (χ3n) is 5.88. The molecule has 5 heteroatoms. The first-order chi connectivity index (χ1) is 10.0. The van der Waals surface area contributed by atoms with Crippen LogP contribution in [0.2, 0.25) is 0 Å². The molecule has 3 unspecified atom stereocenters. The lowest BCUT2D eigenvalue weighted by Crippen LogP contribution is -2.67. The Kier molecular flexibility index (Phi) is 3.48. The van der Waals surface area contributed by atoms with Crippen molar-refractivity contribution in [3.8, 4) is 0 Å². The van der Waals surface area contributed by atoms with Gasteiger partial charge in [-0.3, -0.25) is 4.18 Å². The number of hydrogen-bond donors (Lipinski definition) is 1. The zero-order valence-electron chi connectivity index (χ0n) is 13.5. The molecule has 3 aliphatic rings. The zero-order chi connectivity index (χ0) is 16.3. The third kappa shape index (κ3) is 2.30. The lowest BCUT2D eigenvalue weighted by molar-refractivity contribution is -0.237. The Balaban J connectivity index is 1.83. The molecule has 2 bridgehead atoms. The second-order valence-corrected chi connectivity index (χ2v) is 9.19.